The van der Waals surface area contributed by atoms with Crippen LogP contribution in [0.2, 0.25) is 0 Å². The molecule has 3 nitrogen and oxygen atoms in total. The number of aromatic nitrogens is 1. The van der Waals surface area contributed by atoms with Gasteiger partial charge in [-0.15, -0.1) is 0 Å². The number of hydrogen-bond donors (Lipinski definition) is 2. The van der Waals surface area contributed by atoms with E-state index in [1.54, 1.807) is 16.7 Å². The fraction of sp³-hybridized carbons (Fsp3) is 0.800. The molecule has 0 saturated carbocycles. The van der Waals surface area contributed by atoms with E-state index in [-0.39, 0.29) is 17.8 Å². The van der Waals surface area contributed by atoms with E-state index in [0.717, 1.165) is 19.3 Å². The summed E-state index contributed by atoms with van der Waals surface area (Å²) in [5.74, 6) is 0.340. The van der Waals surface area contributed by atoms with Gasteiger partial charge in [-0.1, -0.05) is 135 Å². The van der Waals surface area contributed by atoms with Crippen molar-refractivity contribution >= 4 is 0 Å². The Morgan fingerprint density at radius 2 is 1.06 bits per heavy atom. The predicted octanol–water partition coefficient (Wildman–Crippen LogP) is 10.2. The lowest BCUT2D eigenvalue weighted by Crippen LogP contribution is -2.10. The molecule has 0 spiro atoms. The van der Waals surface area contributed by atoms with E-state index in [0.29, 0.717) is 0 Å². The molecule has 0 aliphatic carbocycles. The third kappa shape index (κ3) is 13.8. The molecule has 1 aromatic rings. The maximum absolute atomic E-state index is 10.3. The van der Waals surface area contributed by atoms with E-state index in [2.05, 4.69) is 26.8 Å². The third-order valence-corrected chi connectivity index (χ3v) is 7.07. The van der Waals surface area contributed by atoms with Gasteiger partial charge >= 0.3 is 0 Å². The van der Waals surface area contributed by atoms with Gasteiger partial charge in [0.15, 0.2) is 11.8 Å². The molecule has 1 heterocycles. The number of aromatic hydroxyl groups is 2. The first-order chi connectivity index (χ1) is 16.1. The van der Waals surface area contributed by atoms with Crippen LogP contribution < -0.4 is 0 Å². The molecule has 2 N–H and O–H groups in total. The topological polar surface area (TPSA) is 45.4 Å². The quantitative estimate of drug-likeness (QED) is 0.133. The maximum atomic E-state index is 10.3. The highest BCUT2D eigenvalue weighted by atomic mass is 16.3. The SMILES string of the molecule is CCCCCCCCC=C(C)C(CCCCCCCCCCCCCC)n1c(O)ccc1O. The molecule has 0 amide bonds. The molecule has 0 aliphatic rings. The second-order valence-electron chi connectivity index (χ2n) is 10.1. The van der Waals surface area contributed by atoms with Crippen molar-refractivity contribution in [3.8, 4) is 11.8 Å². The zero-order chi connectivity index (χ0) is 24.2. The molecule has 1 atom stereocenters. The number of rotatable bonds is 22. The zero-order valence-corrected chi connectivity index (χ0v) is 22.3. The summed E-state index contributed by atoms with van der Waals surface area (Å²) in [6.07, 6.45) is 28.4. The highest BCUT2D eigenvalue weighted by Gasteiger charge is 2.19. The lowest BCUT2D eigenvalue weighted by molar-refractivity contribution is 0.336. The Bertz CT molecular complexity index is 585. The molecule has 0 fully saturated rings. The van der Waals surface area contributed by atoms with Crippen LogP contribution in [0.1, 0.15) is 155 Å². The molecular formula is C30H55NO2. The van der Waals surface area contributed by atoms with Gasteiger partial charge < -0.3 is 10.2 Å². The van der Waals surface area contributed by atoms with Crippen LogP contribution in [0.4, 0.5) is 0 Å². The van der Waals surface area contributed by atoms with Crippen molar-refractivity contribution in [2.24, 2.45) is 0 Å². The van der Waals surface area contributed by atoms with E-state index in [1.165, 1.54) is 115 Å². The molecule has 1 aromatic heterocycles. The first-order valence-electron chi connectivity index (χ1n) is 14.4. The predicted molar refractivity (Wildman–Crippen MR) is 144 cm³/mol. The number of unbranched alkanes of at least 4 members (excludes halogenated alkanes) is 17. The molecule has 0 aliphatic heterocycles. The standard InChI is InChI=1S/C30H55NO2/c1-4-6-8-10-12-13-14-15-16-18-20-22-24-28(31-29(32)25-26-30(31)33)27(3)23-21-19-17-11-9-7-5-2/h23,25-26,28,32-33H,4-22,24H2,1-3H3. The average Bonchev–Trinajstić information content (AvgIpc) is 3.14. The minimum Gasteiger partial charge on any atom is -0.494 e. The second-order valence-corrected chi connectivity index (χ2v) is 10.1. The van der Waals surface area contributed by atoms with Crippen molar-refractivity contribution in [2.45, 2.75) is 155 Å². The molecule has 0 aromatic carbocycles. The minimum atomic E-state index is 0.0585. The molecule has 192 valence electrons. The zero-order valence-electron chi connectivity index (χ0n) is 22.3. The van der Waals surface area contributed by atoms with Crippen molar-refractivity contribution in [3.63, 3.8) is 0 Å². The first-order valence-corrected chi connectivity index (χ1v) is 14.4. The van der Waals surface area contributed by atoms with E-state index >= 15 is 0 Å². The summed E-state index contributed by atoms with van der Waals surface area (Å²) in [4.78, 5) is 0. The van der Waals surface area contributed by atoms with E-state index in [9.17, 15) is 10.2 Å². The number of hydrogen-bond acceptors (Lipinski definition) is 2. The van der Waals surface area contributed by atoms with Gasteiger partial charge in [0.2, 0.25) is 0 Å². The fourth-order valence-corrected chi connectivity index (χ4v) is 4.88. The van der Waals surface area contributed by atoms with E-state index < -0.39 is 0 Å². The van der Waals surface area contributed by atoms with Crippen LogP contribution in [-0.2, 0) is 0 Å². The van der Waals surface area contributed by atoms with Crippen molar-refractivity contribution < 1.29 is 10.2 Å². The summed E-state index contributed by atoms with van der Waals surface area (Å²) in [6.45, 7) is 6.70. The molecule has 33 heavy (non-hydrogen) atoms. The Labute approximate surface area is 205 Å². The van der Waals surface area contributed by atoms with Gasteiger partial charge in [0, 0.05) is 12.1 Å². The number of nitrogens with zero attached hydrogens (tertiary/aromatic N) is 1. The normalized spacial score (nSPS) is 13.0. The van der Waals surface area contributed by atoms with Crippen molar-refractivity contribution in [1.29, 1.82) is 0 Å². The van der Waals surface area contributed by atoms with Crippen molar-refractivity contribution in [2.75, 3.05) is 0 Å². The second kappa shape index (κ2) is 20.0. The highest BCUT2D eigenvalue weighted by Crippen LogP contribution is 2.34. The van der Waals surface area contributed by atoms with Crippen LogP contribution in [0.3, 0.4) is 0 Å². The number of allylic oxidation sites excluding steroid dienone is 2. The largest absolute Gasteiger partial charge is 0.494 e. The molecule has 0 bridgehead atoms. The van der Waals surface area contributed by atoms with Crippen LogP contribution in [0.25, 0.3) is 0 Å². The Morgan fingerprint density at radius 3 is 1.52 bits per heavy atom. The van der Waals surface area contributed by atoms with Gasteiger partial charge in [0.1, 0.15) is 0 Å². The first kappa shape index (κ1) is 29.7. The Hall–Kier alpha value is -1.38. The average molecular weight is 462 g/mol. The van der Waals surface area contributed by atoms with Crippen LogP contribution in [0, 0.1) is 0 Å². The van der Waals surface area contributed by atoms with Crippen LogP contribution in [-0.4, -0.2) is 14.8 Å². The summed E-state index contributed by atoms with van der Waals surface area (Å²) < 4.78 is 1.71. The molecular weight excluding hydrogens is 406 g/mol. The van der Waals surface area contributed by atoms with Gasteiger partial charge in [-0.05, 0) is 26.2 Å². The lowest BCUT2D eigenvalue weighted by atomic mass is 9.98. The Morgan fingerprint density at radius 1 is 0.667 bits per heavy atom. The van der Waals surface area contributed by atoms with Crippen LogP contribution in [0.15, 0.2) is 23.8 Å². The van der Waals surface area contributed by atoms with Crippen molar-refractivity contribution in [3.05, 3.63) is 23.8 Å². The van der Waals surface area contributed by atoms with Gasteiger partial charge in [-0.25, -0.2) is 0 Å². The molecule has 3 heteroatoms. The molecule has 1 rings (SSSR count). The third-order valence-electron chi connectivity index (χ3n) is 7.07. The fourth-order valence-electron chi connectivity index (χ4n) is 4.88. The minimum absolute atomic E-state index is 0.0585. The van der Waals surface area contributed by atoms with Gasteiger partial charge in [-0.3, -0.25) is 4.57 Å². The van der Waals surface area contributed by atoms with Gasteiger partial charge in [0.05, 0.1) is 6.04 Å². The Balaban J connectivity index is 2.33. The smallest absolute Gasteiger partial charge is 0.194 e. The van der Waals surface area contributed by atoms with Gasteiger partial charge in [-0.2, -0.15) is 0 Å². The maximum Gasteiger partial charge on any atom is 0.194 e. The Kier molecular flexibility index (Phi) is 18.0. The highest BCUT2D eigenvalue weighted by molar-refractivity contribution is 5.28. The van der Waals surface area contributed by atoms with E-state index in [1.807, 2.05) is 0 Å². The van der Waals surface area contributed by atoms with Crippen LogP contribution >= 0.6 is 0 Å². The molecule has 0 radical (unpaired) electrons. The molecule has 1 unspecified atom stereocenters. The summed E-state index contributed by atoms with van der Waals surface area (Å²) in [5, 5.41) is 20.6. The monoisotopic (exact) mass is 461 g/mol. The summed E-state index contributed by atoms with van der Waals surface area (Å²) in [5.41, 5.74) is 1.27. The lowest BCUT2D eigenvalue weighted by Gasteiger charge is -2.22. The van der Waals surface area contributed by atoms with Crippen LogP contribution in [0.5, 0.6) is 11.8 Å². The molecule has 0 saturated heterocycles. The summed E-state index contributed by atoms with van der Waals surface area (Å²) in [7, 11) is 0. The van der Waals surface area contributed by atoms with Gasteiger partial charge in [0.25, 0.3) is 0 Å². The summed E-state index contributed by atoms with van der Waals surface area (Å²) in [6, 6.07) is 3.26. The van der Waals surface area contributed by atoms with E-state index in [4.69, 9.17) is 0 Å². The summed E-state index contributed by atoms with van der Waals surface area (Å²) >= 11 is 0. The van der Waals surface area contributed by atoms with Crippen molar-refractivity contribution in [1.82, 2.24) is 4.57 Å².